The topological polar surface area (TPSA) is 29.1 Å². The molecule has 0 aromatic rings. The third-order valence-corrected chi connectivity index (χ3v) is 1.28. The molecule has 1 unspecified atom stereocenters. The first-order chi connectivity index (χ1) is 3.80. The van der Waals surface area contributed by atoms with Gasteiger partial charge in [0, 0.05) is 12.5 Å². The standard InChI is InChI=1S/C6H9NO/c1-5-4-7-3-2-6(5)8/h2-3,5,7H,4H2,1H3. The average molecular weight is 111 g/mol. The molecule has 0 aliphatic carbocycles. The molecule has 0 radical (unpaired) electrons. The van der Waals surface area contributed by atoms with Crippen LogP contribution in [0.3, 0.4) is 0 Å². The average Bonchev–Trinajstić information content (AvgIpc) is 1.77. The summed E-state index contributed by atoms with van der Waals surface area (Å²) in [5, 5.41) is 2.96. The Morgan fingerprint density at radius 1 is 1.88 bits per heavy atom. The predicted molar refractivity (Wildman–Crippen MR) is 31.3 cm³/mol. The Morgan fingerprint density at radius 3 is 3.00 bits per heavy atom. The third-order valence-electron chi connectivity index (χ3n) is 1.28. The molecule has 1 aliphatic rings. The van der Waals surface area contributed by atoms with Crippen LogP contribution in [0.4, 0.5) is 0 Å². The summed E-state index contributed by atoms with van der Waals surface area (Å²) in [4.78, 5) is 10.7. The second-order valence-electron chi connectivity index (χ2n) is 2.04. The van der Waals surface area contributed by atoms with Crippen LogP contribution in [0.1, 0.15) is 6.92 Å². The van der Waals surface area contributed by atoms with Crippen LogP contribution in [0.5, 0.6) is 0 Å². The van der Waals surface area contributed by atoms with Crippen LogP contribution in [0.15, 0.2) is 12.3 Å². The minimum Gasteiger partial charge on any atom is -0.390 e. The molecule has 0 spiro atoms. The number of hydrogen-bond donors (Lipinski definition) is 1. The highest BCUT2D eigenvalue weighted by Crippen LogP contribution is 1.99. The lowest BCUT2D eigenvalue weighted by atomic mass is 10.1. The van der Waals surface area contributed by atoms with Gasteiger partial charge in [-0.05, 0) is 12.3 Å². The van der Waals surface area contributed by atoms with E-state index in [1.807, 2.05) is 6.92 Å². The molecule has 0 saturated heterocycles. The van der Waals surface area contributed by atoms with Gasteiger partial charge in [-0.3, -0.25) is 4.79 Å². The predicted octanol–water partition coefficient (Wildman–Crippen LogP) is 0.309. The Balaban J connectivity index is 2.60. The summed E-state index contributed by atoms with van der Waals surface area (Å²) in [6.07, 6.45) is 3.27. The lowest BCUT2D eigenvalue weighted by Crippen LogP contribution is -2.26. The third kappa shape index (κ3) is 0.886. The zero-order valence-electron chi connectivity index (χ0n) is 4.85. The Morgan fingerprint density at radius 2 is 2.62 bits per heavy atom. The fraction of sp³-hybridized carbons (Fsp3) is 0.500. The molecule has 1 heterocycles. The quantitative estimate of drug-likeness (QED) is 0.487. The first kappa shape index (κ1) is 5.35. The van der Waals surface area contributed by atoms with E-state index in [4.69, 9.17) is 0 Å². The van der Waals surface area contributed by atoms with Gasteiger partial charge in [0.05, 0.1) is 0 Å². The van der Waals surface area contributed by atoms with Gasteiger partial charge in [0.1, 0.15) is 0 Å². The summed E-state index contributed by atoms with van der Waals surface area (Å²) in [5.41, 5.74) is 0. The number of rotatable bonds is 0. The maximum Gasteiger partial charge on any atom is 0.161 e. The molecule has 1 rings (SSSR count). The molecule has 0 aromatic carbocycles. The maximum absolute atomic E-state index is 10.7. The molecule has 2 heteroatoms. The molecule has 2 nitrogen and oxygen atoms in total. The van der Waals surface area contributed by atoms with Crippen LogP contribution >= 0.6 is 0 Å². The number of hydrogen-bond acceptors (Lipinski definition) is 2. The van der Waals surface area contributed by atoms with Crippen molar-refractivity contribution in [2.45, 2.75) is 6.92 Å². The van der Waals surface area contributed by atoms with E-state index < -0.39 is 0 Å². The zero-order valence-corrected chi connectivity index (χ0v) is 4.85. The molecule has 1 atom stereocenters. The molecule has 0 amide bonds. The Kier molecular flexibility index (Phi) is 1.33. The van der Waals surface area contributed by atoms with Crippen LogP contribution in [0, 0.1) is 5.92 Å². The summed E-state index contributed by atoms with van der Waals surface area (Å²) in [6, 6.07) is 0. The normalized spacial score (nSPS) is 27.6. The summed E-state index contributed by atoms with van der Waals surface area (Å²) < 4.78 is 0. The number of carbonyl (C=O) groups excluding carboxylic acids is 1. The monoisotopic (exact) mass is 111 g/mol. The van der Waals surface area contributed by atoms with E-state index in [0.29, 0.717) is 0 Å². The Bertz CT molecular complexity index is 128. The highest BCUT2D eigenvalue weighted by atomic mass is 16.1. The number of allylic oxidation sites excluding steroid dienone is 1. The van der Waals surface area contributed by atoms with E-state index in [1.54, 1.807) is 12.3 Å². The van der Waals surface area contributed by atoms with Gasteiger partial charge in [-0.2, -0.15) is 0 Å². The van der Waals surface area contributed by atoms with E-state index >= 15 is 0 Å². The van der Waals surface area contributed by atoms with Crippen molar-refractivity contribution in [3.8, 4) is 0 Å². The molecule has 0 fully saturated rings. The van der Waals surface area contributed by atoms with E-state index in [1.165, 1.54) is 0 Å². The van der Waals surface area contributed by atoms with Crippen molar-refractivity contribution in [3.63, 3.8) is 0 Å². The van der Waals surface area contributed by atoms with Gasteiger partial charge in [-0.25, -0.2) is 0 Å². The fourth-order valence-electron chi connectivity index (χ4n) is 0.651. The van der Waals surface area contributed by atoms with E-state index in [9.17, 15) is 4.79 Å². The second kappa shape index (κ2) is 1.99. The summed E-state index contributed by atoms with van der Waals surface area (Å²) in [7, 11) is 0. The molecule has 1 aliphatic heterocycles. The first-order valence-electron chi connectivity index (χ1n) is 2.74. The van der Waals surface area contributed by atoms with Crippen molar-refractivity contribution in [2.75, 3.05) is 6.54 Å². The van der Waals surface area contributed by atoms with Crippen LogP contribution in [0.25, 0.3) is 0 Å². The lowest BCUT2D eigenvalue weighted by Gasteiger charge is -2.11. The molecular formula is C6H9NO. The summed E-state index contributed by atoms with van der Waals surface area (Å²) >= 11 is 0. The first-order valence-corrected chi connectivity index (χ1v) is 2.74. The number of nitrogens with one attached hydrogen (secondary N) is 1. The molecule has 8 heavy (non-hydrogen) atoms. The second-order valence-corrected chi connectivity index (χ2v) is 2.04. The van der Waals surface area contributed by atoms with E-state index in [2.05, 4.69) is 5.32 Å². The molecule has 1 N–H and O–H groups in total. The molecule has 0 bridgehead atoms. The van der Waals surface area contributed by atoms with E-state index in [0.717, 1.165) is 6.54 Å². The Hall–Kier alpha value is -0.790. The Labute approximate surface area is 48.6 Å². The van der Waals surface area contributed by atoms with Crippen LogP contribution in [0.2, 0.25) is 0 Å². The highest BCUT2D eigenvalue weighted by molar-refractivity contribution is 5.92. The largest absolute Gasteiger partial charge is 0.390 e. The van der Waals surface area contributed by atoms with Gasteiger partial charge in [-0.15, -0.1) is 0 Å². The molecule has 44 valence electrons. The highest BCUT2D eigenvalue weighted by Gasteiger charge is 2.10. The molecule has 0 aromatic heterocycles. The van der Waals surface area contributed by atoms with Crippen molar-refractivity contribution >= 4 is 5.78 Å². The summed E-state index contributed by atoms with van der Waals surface area (Å²) in [5.74, 6) is 0.392. The zero-order chi connectivity index (χ0) is 5.98. The fourth-order valence-corrected chi connectivity index (χ4v) is 0.651. The van der Waals surface area contributed by atoms with Crippen molar-refractivity contribution in [1.29, 1.82) is 0 Å². The summed E-state index contributed by atoms with van der Waals surface area (Å²) in [6.45, 7) is 2.70. The van der Waals surface area contributed by atoms with Gasteiger partial charge in [0.2, 0.25) is 0 Å². The molecular weight excluding hydrogens is 102 g/mol. The van der Waals surface area contributed by atoms with Crippen molar-refractivity contribution < 1.29 is 4.79 Å². The van der Waals surface area contributed by atoms with Crippen molar-refractivity contribution in [3.05, 3.63) is 12.3 Å². The number of ketones is 1. The maximum atomic E-state index is 10.7. The molecule has 0 saturated carbocycles. The van der Waals surface area contributed by atoms with Crippen LogP contribution in [-0.4, -0.2) is 12.3 Å². The van der Waals surface area contributed by atoms with Crippen molar-refractivity contribution in [2.24, 2.45) is 5.92 Å². The van der Waals surface area contributed by atoms with E-state index in [-0.39, 0.29) is 11.7 Å². The minimum absolute atomic E-state index is 0.167. The van der Waals surface area contributed by atoms with Crippen LogP contribution in [-0.2, 0) is 4.79 Å². The van der Waals surface area contributed by atoms with Gasteiger partial charge >= 0.3 is 0 Å². The van der Waals surface area contributed by atoms with Gasteiger partial charge in [0.25, 0.3) is 0 Å². The smallest absolute Gasteiger partial charge is 0.161 e. The minimum atomic E-state index is 0.167. The van der Waals surface area contributed by atoms with Gasteiger partial charge < -0.3 is 5.32 Å². The van der Waals surface area contributed by atoms with Gasteiger partial charge in [-0.1, -0.05) is 6.92 Å². The SMILES string of the molecule is CC1CNC=CC1=O. The van der Waals surface area contributed by atoms with Crippen molar-refractivity contribution in [1.82, 2.24) is 5.32 Å². The lowest BCUT2D eigenvalue weighted by molar-refractivity contribution is -0.117. The van der Waals surface area contributed by atoms with Gasteiger partial charge in [0.15, 0.2) is 5.78 Å². The number of carbonyl (C=O) groups is 1. The van der Waals surface area contributed by atoms with Crippen LogP contribution < -0.4 is 5.32 Å².